The fraction of sp³-hybridized carbons (Fsp3) is 0.818. The van der Waals surface area contributed by atoms with Crippen molar-refractivity contribution in [3.63, 3.8) is 0 Å². The summed E-state index contributed by atoms with van der Waals surface area (Å²) in [5.41, 5.74) is 0.543. The van der Waals surface area contributed by atoms with E-state index in [1.807, 2.05) is 5.32 Å². The zero-order chi connectivity index (χ0) is 24.5. The van der Waals surface area contributed by atoms with Gasteiger partial charge in [-0.3, -0.25) is 14.1 Å². The molecular weight excluding hydrogens is 442 g/mol. The monoisotopic (exact) mass is 482 g/mol. The number of halogens is 2. The molecule has 32 heavy (non-hydrogen) atoms. The minimum absolute atomic E-state index is 0.0485. The van der Waals surface area contributed by atoms with Crippen LogP contribution in [0.4, 0.5) is 8.78 Å². The number of carbonyl (C=O) groups is 2. The standard InChI is InChI=1S/C22H40F2N2O5S/c1-19(2)20(27)25-17-15-13-11-9-7-5-3-4-6-8-10-12-14-16-18-26-21(28)22(23,24)32(29,30)31/h1,3-18H2,2H3,(H,25,27)(H,26,28)(H,29,30,31). The van der Waals surface area contributed by atoms with Gasteiger partial charge in [0, 0.05) is 18.7 Å². The van der Waals surface area contributed by atoms with Crippen LogP contribution in [0.25, 0.3) is 0 Å². The van der Waals surface area contributed by atoms with E-state index in [0.29, 0.717) is 18.5 Å². The number of hydrogen-bond acceptors (Lipinski definition) is 4. The van der Waals surface area contributed by atoms with Crippen LogP contribution in [-0.4, -0.2) is 43.1 Å². The number of hydrogen-bond donors (Lipinski definition) is 3. The summed E-state index contributed by atoms with van der Waals surface area (Å²) in [5.74, 6) is -2.06. The van der Waals surface area contributed by atoms with Crippen LogP contribution in [-0.2, 0) is 19.7 Å². The van der Waals surface area contributed by atoms with Gasteiger partial charge in [-0.25, -0.2) is 0 Å². The van der Waals surface area contributed by atoms with Crippen LogP contribution in [0.5, 0.6) is 0 Å². The van der Waals surface area contributed by atoms with Crippen molar-refractivity contribution < 1.29 is 31.3 Å². The molecule has 0 aromatic heterocycles. The van der Waals surface area contributed by atoms with Gasteiger partial charge in [0.1, 0.15) is 0 Å². The lowest BCUT2D eigenvalue weighted by Gasteiger charge is -2.12. The molecule has 0 unspecified atom stereocenters. The van der Waals surface area contributed by atoms with Crippen LogP contribution in [0.15, 0.2) is 12.2 Å². The van der Waals surface area contributed by atoms with Gasteiger partial charge in [-0.2, -0.15) is 17.2 Å². The van der Waals surface area contributed by atoms with Crippen LogP contribution in [0.2, 0.25) is 0 Å². The molecule has 0 radical (unpaired) electrons. The molecule has 10 heteroatoms. The Morgan fingerprint density at radius 2 is 1.06 bits per heavy atom. The quantitative estimate of drug-likeness (QED) is 0.132. The highest BCUT2D eigenvalue weighted by Gasteiger charge is 2.52. The van der Waals surface area contributed by atoms with Crippen LogP contribution >= 0.6 is 0 Å². The molecule has 0 fully saturated rings. The molecule has 0 rings (SSSR count). The molecule has 7 nitrogen and oxygen atoms in total. The van der Waals surface area contributed by atoms with E-state index in [2.05, 4.69) is 11.9 Å². The smallest absolute Gasteiger partial charge is 0.352 e. The van der Waals surface area contributed by atoms with E-state index >= 15 is 0 Å². The Labute approximate surface area is 191 Å². The van der Waals surface area contributed by atoms with Crippen molar-refractivity contribution in [2.75, 3.05) is 13.1 Å². The Balaban J connectivity index is 3.36. The third kappa shape index (κ3) is 14.5. The molecule has 0 aliphatic carbocycles. The number of carbonyl (C=O) groups excluding carboxylic acids is 2. The van der Waals surface area contributed by atoms with E-state index in [0.717, 1.165) is 38.5 Å². The zero-order valence-electron chi connectivity index (χ0n) is 19.3. The first-order chi connectivity index (χ1) is 15.0. The maximum Gasteiger partial charge on any atom is 0.446 e. The van der Waals surface area contributed by atoms with E-state index in [-0.39, 0.29) is 12.5 Å². The summed E-state index contributed by atoms with van der Waals surface area (Å²) in [6.45, 7) is 5.97. The summed E-state index contributed by atoms with van der Waals surface area (Å²) in [7, 11) is -5.74. The van der Waals surface area contributed by atoms with E-state index < -0.39 is 21.3 Å². The lowest BCUT2D eigenvalue weighted by atomic mass is 10.0. The zero-order valence-corrected chi connectivity index (χ0v) is 20.1. The second-order valence-corrected chi connectivity index (χ2v) is 9.70. The lowest BCUT2D eigenvalue weighted by Crippen LogP contribution is -2.45. The van der Waals surface area contributed by atoms with Crippen molar-refractivity contribution in [1.82, 2.24) is 10.6 Å². The average Bonchev–Trinajstić information content (AvgIpc) is 2.71. The maximum atomic E-state index is 13.0. The van der Waals surface area contributed by atoms with Gasteiger partial charge in [-0.05, 0) is 19.8 Å². The first-order valence-corrected chi connectivity index (χ1v) is 13.0. The van der Waals surface area contributed by atoms with E-state index in [9.17, 15) is 26.8 Å². The van der Waals surface area contributed by atoms with Gasteiger partial charge in [-0.1, -0.05) is 83.6 Å². The average molecular weight is 483 g/mol. The normalized spacial score (nSPS) is 11.9. The highest BCUT2D eigenvalue weighted by Crippen LogP contribution is 2.20. The molecule has 0 spiro atoms. The van der Waals surface area contributed by atoms with Gasteiger partial charge in [0.2, 0.25) is 5.91 Å². The highest BCUT2D eigenvalue weighted by atomic mass is 32.2. The number of amides is 2. The van der Waals surface area contributed by atoms with E-state index in [4.69, 9.17) is 4.55 Å². The molecular formula is C22H40F2N2O5S. The molecule has 0 saturated carbocycles. The molecule has 0 aliphatic rings. The van der Waals surface area contributed by atoms with Gasteiger partial charge in [0.25, 0.3) is 0 Å². The Morgan fingerprint density at radius 3 is 1.38 bits per heavy atom. The number of alkyl halides is 2. The number of rotatable bonds is 20. The van der Waals surface area contributed by atoms with Crippen LogP contribution in [0.1, 0.15) is 96.8 Å². The summed E-state index contributed by atoms with van der Waals surface area (Å²) in [6, 6.07) is 0. The molecule has 0 aromatic carbocycles. The molecule has 2 amide bonds. The van der Waals surface area contributed by atoms with Crippen molar-refractivity contribution in [2.45, 2.75) is 102 Å². The van der Waals surface area contributed by atoms with E-state index in [1.54, 1.807) is 6.92 Å². The third-order valence-corrected chi connectivity index (χ3v) is 5.98. The Hall–Kier alpha value is -1.55. The molecule has 188 valence electrons. The van der Waals surface area contributed by atoms with Crippen LogP contribution in [0.3, 0.4) is 0 Å². The van der Waals surface area contributed by atoms with Crippen molar-refractivity contribution in [3.8, 4) is 0 Å². The third-order valence-electron chi connectivity index (χ3n) is 5.15. The molecule has 0 bridgehead atoms. The fourth-order valence-corrected chi connectivity index (χ4v) is 3.45. The summed E-state index contributed by atoms with van der Waals surface area (Å²) < 4.78 is 55.3. The predicted molar refractivity (Wildman–Crippen MR) is 122 cm³/mol. The Kier molecular flexibility index (Phi) is 16.2. The van der Waals surface area contributed by atoms with Gasteiger partial charge in [0.15, 0.2) is 0 Å². The molecule has 0 atom stereocenters. The van der Waals surface area contributed by atoms with Crippen molar-refractivity contribution in [3.05, 3.63) is 12.2 Å². The fourth-order valence-electron chi connectivity index (χ4n) is 3.15. The van der Waals surface area contributed by atoms with Gasteiger partial charge >= 0.3 is 21.3 Å². The summed E-state index contributed by atoms with van der Waals surface area (Å²) in [4.78, 5) is 22.4. The molecule has 0 heterocycles. The van der Waals surface area contributed by atoms with Crippen LogP contribution < -0.4 is 10.6 Å². The number of unbranched alkanes of at least 4 members (excludes halogenated alkanes) is 13. The van der Waals surface area contributed by atoms with Gasteiger partial charge < -0.3 is 10.6 Å². The van der Waals surface area contributed by atoms with Crippen LogP contribution in [0, 0.1) is 0 Å². The Morgan fingerprint density at radius 1 is 0.750 bits per heavy atom. The summed E-state index contributed by atoms with van der Waals surface area (Å²) >= 11 is 0. The second kappa shape index (κ2) is 17.0. The van der Waals surface area contributed by atoms with Crippen molar-refractivity contribution in [2.24, 2.45) is 0 Å². The minimum Gasteiger partial charge on any atom is -0.352 e. The second-order valence-electron chi connectivity index (χ2n) is 8.23. The molecule has 0 aromatic rings. The van der Waals surface area contributed by atoms with E-state index in [1.165, 1.54) is 44.9 Å². The van der Waals surface area contributed by atoms with Gasteiger partial charge in [0.05, 0.1) is 0 Å². The minimum atomic E-state index is -5.74. The first kappa shape index (κ1) is 30.4. The molecule has 0 aliphatic heterocycles. The topological polar surface area (TPSA) is 113 Å². The van der Waals surface area contributed by atoms with Crippen molar-refractivity contribution in [1.29, 1.82) is 0 Å². The first-order valence-electron chi connectivity index (χ1n) is 11.6. The Bertz CT molecular complexity index is 669. The SMILES string of the molecule is C=C(C)C(=O)NCCCCCCCCCCCCCCCCNC(=O)C(F)(F)S(=O)(=O)O. The summed E-state index contributed by atoms with van der Waals surface area (Å²) in [5, 5.41) is -0.133. The molecule has 0 saturated heterocycles. The summed E-state index contributed by atoms with van der Waals surface area (Å²) in [6.07, 6.45) is 14.9. The predicted octanol–water partition coefficient (Wildman–Crippen LogP) is 4.74. The number of nitrogens with one attached hydrogen (secondary N) is 2. The lowest BCUT2D eigenvalue weighted by molar-refractivity contribution is -0.136. The maximum absolute atomic E-state index is 13.0. The highest BCUT2D eigenvalue weighted by molar-refractivity contribution is 7.87. The van der Waals surface area contributed by atoms with Gasteiger partial charge in [-0.15, -0.1) is 0 Å². The largest absolute Gasteiger partial charge is 0.446 e. The molecule has 3 N–H and O–H groups in total. The van der Waals surface area contributed by atoms with Crippen molar-refractivity contribution >= 4 is 21.9 Å².